The van der Waals surface area contributed by atoms with Crippen molar-refractivity contribution in [3.8, 4) is 11.6 Å². The van der Waals surface area contributed by atoms with E-state index in [-0.39, 0.29) is 5.91 Å². The van der Waals surface area contributed by atoms with Crippen molar-refractivity contribution in [1.29, 1.82) is 0 Å². The van der Waals surface area contributed by atoms with Crippen LogP contribution in [0.15, 0.2) is 30.6 Å². The van der Waals surface area contributed by atoms with E-state index in [2.05, 4.69) is 10.1 Å². The van der Waals surface area contributed by atoms with E-state index in [1.54, 1.807) is 47.2 Å². The smallest absolute Gasteiger partial charge is 0.274 e. The van der Waals surface area contributed by atoms with Gasteiger partial charge in [-0.25, -0.2) is 15.5 Å². The molecule has 3 heterocycles. The van der Waals surface area contributed by atoms with Crippen molar-refractivity contribution < 1.29 is 14.3 Å². The molecule has 0 radical (unpaired) electrons. The fourth-order valence-electron chi connectivity index (χ4n) is 2.72. The molecule has 3 rings (SSSR count). The van der Waals surface area contributed by atoms with Crippen LogP contribution < -0.4 is 16.3 Å². The van der Waals surface area contributed by atoms with E-state index >= 15 is 0 Å². The van der Waals surface area contributed by atoms with Gasteiger partial charge in [0.05, 0.1) is 43.6 Å². The highest BCUT2D eigenvalue weighted by Crippen LogP contribution is 2.20. The molecule has 0 unspecified atom stereocenters. The molecule has 0 saturated carbocycles. The van der Waals surface area contributed by atoms with Crippen LogP contribution in [-0.4, -0.2) is 71.0 Å². The number of aromatic nitrogens is 3. The van der Waals surface area contributed by atoms with Crippen LogP contribution in [0.25, 0.3) is 11.4 Å². The summed E-state index contributed by atoms with van der Waals surface area (Å²) < 4.78 is 12.0. The standard InChI is InChI=1S/C17H23N7O3/c1-22(19)11-13(18)15-9-14(17(25)23-5-7-27-8-6-23)21-24(15)12-3-4-16(26-2)20-10-12/h3-4,9-11H,5-8,18-19H2,1-2H3/b13-11-. The van der Waals surface area contributed by atoms with Crippen LogP contribution in [0.5, 0.6) is 5.88 Å². The van der Waals surface area contributed by atoms with Gasteiger partial charge in [0, 0.05) is 32.4 Å². The van der Waals surface area contributed by atoms with E-state index in [1.165, 1.54) is 12.1 Å². The maximum atomic E-state index is 12.8. The lowest BCUT2D eigenvalue weighted by Gasteiger charge is -2.25. The summed E-state index contributed by atoms with van der Waals surface area (Å²) in [6.45, 7) is 2.09. The Kier molecular flexibility index (Phi) is 5.57. The number of nitrogens with zero attached hydrogens (tertiary/aromatic N) is 5. The lowest BCUT2D eigenvalue weighted by atomic mass is 10.2. The number of amides is 1. The number of rotatable bonds is 5. The zero-order valence-corrected chi connectivity index (χ0v) is 15.3. The molecule has 0 bridgehead atoms. The van der Waals surface area contributed by atoms with Gasteiger partial charge in [-0.15, -0.1) is 0 Å². The number of hydrogen-bond acceptors (Lipinski definition) is 8. The van der Waals surface area contributed by atoms with Gasteiger partial charge in [-0.2, -0.15) is 5.10 Å². The first-order valence-electron chi connectivity index (χ1n) is 8.42. The Morgan fingerprint density at radius 3 is 2.70 bits per heavy atom. The second kappa shape index (κ2) is 8.06. The molecule has 1 fully saturated rings. The van der Waals surface area contributed by atoms with Crippen molar-refractivity contribution in [1.82, 2.24) is 24.7 Å². The summed E-state index contributed by atoms with van der Waals surface area (Å²) in [7, 11) is 3.20. The van der Waals surface area contributed by atoms with Gasteiger partial charge in [0.1, 0.15) is 0 Å². The summed E-state index contributed by atoms with van der Waals surface area (Å²) in [6, 6.07) is 5.14. The second-order valence-electron chi connectivity index (χ2n) is 6.04. The highest BCUT2D eigenvalue weighted by atomic mass is 16.5. The largest absolute Gasteiger partial charge is 0.481 e. The Bertz CT molecular complexity index is 824. The third-order valence-corrected chi connectivity index (χ3v) is 4.04. The molecule has 1 saturated heterocycles. The van der Waals surface area contributed by atoms with Crippen LogP contribution in [-0.2, 0) is 4.74 Å². The van der Waals surface area contributed by atoms with Crippen molar-refractivity contribution in [3.63, 3.8) is 0 Å². The predicted molar refractivity (Wildman–Crippen MR) is 98.7 cm³/mol. The number of hydrazine groups is 1. The van der Waals surface area contributed by atoms with Gasteiger partial charge in [0.2, 0.25) is 5.88 Å². The topological polar surface area (TPSA) is 125 Å². The average Bonchev–Trinajstić information content (AvgIpc) is 3.13. The minimum Gasteiger partial charge on any atom is -0.481 e. The van der Waals surface area contributed by atoms with Crippen LogP contribution in [0.1, 0.15) is 16.2 Å². The minimum absolute atomic E-state index is 0.173. The fourth-order valence-corrected chi connectivity index (χ4v) is 2.72. The Balaban J connectivity index is 2.01. The first-order valence-corrected chi connectivity index (χ1v) is 8.42. The average molecular weight is 373 g/mol. The molecule has 2 aromatic rings. The maximum absolute atomic E-state index is 12.8. The zero-order valence-electron chi connectivity index (χ0n) is 15.3. The van der Waals surface area contributed by atoms with Crippen LogP contribution in [0, 0.1) is 0 Å². The van der Waals surface area contributed by atoms with Gasteiger partial charge in [-0.3, -0.25) is 4.79 Å². The monoisotopic (exact) mass is 373 g/mol. The number of morpholine rings is 1. The summed E-state index contributed by atoms with van der Waals surface area (Å²) in [4.78, 5) is 18.7. The highest BCUT2D eigenvalue weighted by molar-refractivity contribution is 5.93. The van der Waals surface area contributed by atoms with Crippen molar-refractivity contribution >= 4 is 11.6 Å². The zero-order chi connectivity index (χ0) is 19.4. The number of pyridine rings is 1. The molecule has 10 nitrogen and oxygen atoms in total. The Morgan fingerprint density at radius 1 is 1.37 bits per heavy atom. The fraction of sp³-hybridized carbons (Fsp3) is 0.353. The Hall–Kier alpha value is -3.11. The van der Waals surface area contributed by atoms with Crippen molar-refractivity contribution in [3.05, 3.63) is 42.0 Å². The summed E-state index contributed by atoms with van der Waals surface area (Å²) in [5.41, 5.74) is 8.01. The molecule has 0 aromatic carbocycles. The predicted octanol–water partition coefficient (Wildman–Crippen LogP) is -0.189. The van der Waals surface area contributed by atoms with Crippen LogP contribution in [0.4, 0.5) is 0 Å². The molecule has 0 spiro atoms. The minimum atomic E-state index is -0.173. The summed E-state index contributed by atoms with van der Waals surface area (Å²) in [6.07, 6.45) is 3.14. The summed E-state index contributed by atoms with van der Waals surface area (Å²) in [5.74, 6) is 5.97. The summed E-state index contributed by atoms with van der Waals surface area (Å²) >= 11 is 0. The molecule has 144 valence electrons. The molecular weight excluding hydrogens is 350 g/mol. The van der Waals surface area contributed by atoms with Crippen LogP contribution >= 0.6 is 0 Å². The number of ether oxygens (including phenoxy) is 2. The molecule has 4 N–H and O–H groups in total. The summed E-state index contributed by atoms with van der Waals surface area (Å²) in [5, 5.41) is 5.80. The molecule has 0 atom stereocenters. The molecule has 0 aliphatic carbocycles. The Morgan fingerprint density at radius 2 is 2.11 bits per heavy atom. The first-order chi connectivity index (χ1) is 13.0. The lowest BCUT2D eigenvalue weighted by Crippen LogP contribution is -2.40. The number of carbonyl (C=O) groups excluding carboxylic acids is 1. The van der Waals surface area contributed by atoms with E-state index < -0.39 is 0 Å². The van der Waals surface area contributed by atoms with Gasteiger partial charge in [-0.1, -0.05) is 0 Å². The molecule has 27 heavy (non-hydrogen) atoms. The molecule has 2 aromatic heterocycles. The van der Waals surface area contributed by atoms with Crippen LogP contribution in [0.3, 0.4) is 0 Å². The van der Waals surface area contributed by atoms with Crippen LogP contribution in [0.2, 0.25) is 0 Å². The highest BCUT2D eigenvalue weighted by Gasteiger charge is 2.23. The molecule has 1 aliphatic heterocycles. The van der Waals surface area contributed by atoms with E-state index in [9.17, 15) is 4.79 Å². The lowest BCUT2D eigenvalue weighted by molar-refractivity contribution is 0.0298. The number of nitrogens with two attached hydrogens (primary N) is 2. The van der Waals surface area contributed by atoms with E-state index in [4.69, 9.17) is 21.1 Å². The number of carbonyl (C=O) groups is 1. The normalized spacial score (nSPS) is 14.9. The molecule has 1 amide bonds. The van der Waals surface area contributed by atoms with E-state index in [1.807, 2.05) is 0 Å². The van der Waals surface area contributed by atoms with Gasteiger partial charge in [0.15, 0.2) is 5.69 Å². The van der Waals surface area contributed by atoms with Crippen molar-refractivity contribution in [2.75, 3.05) is 40.5 Å². The van der Waals surface area contributed by atoms with Gasteiger partial charge >= 0.3 is 0 Å². The van der Waals surface area contributed by atoms with E-state index in [0.29, 0.717) is 55.0 Å². The quantitative estimate of drug-likeness (QED) is 0.546. The van der Waals surface area contributed by atoms with Gasteiger partial charge < -0.3 is 25.1 Å². The number of methoxy groups -OCH3 is 1. The number of hydrogen-bond donors (Lipinski definition) is 2. The molecular formula is C17H23N7O3. The maximum Gasteiger partial charge on any atom is 0.274 e. The van der Waals surface area contributed by atoms with Crippen molar-refractivity contribution in [2.45, 2.75) is 0 Å². The Labute approximate surface area is 156 Å². The van der Waals surface area contributed by atoms with Crippen molar-refractivity contribution in [2.24, 2.45) is 11.6 Å². The van der Waals surface area contributed by atoms with Gasteiger partial charge in [-0.05, 0) is 12.1 Å². The molecule has 1 aliphatic rings. The third-order valence-electron chi connectivity index (χ3n) is 4.04. The third kappa shape index (κ3) is 4.18. The second-order valence-corrected chi connectivity index (χ2v) is 6.04. The van der Waals surface area contributed by atoms with Gasteiger partial charge in [0.25, 0.3) is 5.91 Å². The van der Waals surface area contributed by atoms with E-state index in [0.717, 1.165) is 0 Å². The first kappa shape index (κ1) is 18.7. The molecule has 10 heteroatoms. The SMILES string of the molecule is COc1ccc(-n2nc(C(=O)N3CCOCC3)cc2/C(N)=C/N(C)N)cn1.